The largest absolute Gasteiger partial charge is 0.399 e. The molecule has 4 nitrogen and oxygen atoms in total. The number of nitrogens with one attached hydrogen (secondary N) is 1. The fourth-order valence-electron chi connectivity index (χ4n) is 1.87. The highest BCUT2D eigenvalue weighted by Crippen LogP contribution is 2.17. The standard InChI is InChI=1S/C14H14F2N2O2S/c1-9-4-12(17)7-13(5-9)21(19,20)18-8-10-6-11(15)2-3-14(10)16/h2-7,18H,8,17H2,1H3. The van der Waals surface area contributed by atoms with Crippen molar-refractivity contribution < 1.29 is 17.2 Å². The minimum absolute atomic E-state index is 0.0168. The van der Waals surface area contributed by atoms with Crippen molar-refractivity contribution in [2.75, 3.05) is 5.73 Å². The zero-order chi connectivity index (χ0) is 15.6. The quantitative estimate of drug-likeness (QED) is 0.851. The SMILES string of the molecule is Cc1cc(N)cc(S(=O)(=O)NCc2cc(F)ccc2F)c1. The molecule has 112 valence electrons. The lowest BCUT2D eigenvalue weighted by atomic mass is 10.2. The van der Waals surface area contributed by atoms with E-state index in [9.17, 15) is 17.2 Å². The van der Waals surface area contributed by atoms with Crippen LogP contribution < -0.4 is 10.5 Å². The Labute approximate surface area is 121 Å². The average Bonchev–Trinajstić information content (AvgIpc) is 2.39. The van der Waals surface area contributed by atoms with Crippen molar-refractivity contribution in [1.82, 2.24) is 4.72 Å². The van der Waals surface area contributed by atoms with Gasteiger partial charge in [-0.3, -0.25) is 0 Å². The van der Waals surface area contributed by atoms with Gasteiger partial charge >= 0.3 is 0 Å². The molecule has 0 fully saturated rings. The Hall–Kier alpha value is -1.99. The first kappa shape index (κ1) is 15.4. The molecule has 2 aromatic rings. The van der Waals surface area contributed by atoms with E-state index in [2.05, 4.69) is 4.72 Å². The maximum Gasteiger partial charge on any atom is 0.240 e. The summed E-state index contributed by atoms with van der Waals surface area (Å²) in [4.78, 5) is -0.0168. The molecular weight excluding hydrogens is 298 g/mol. The molecule has 0 saturated heterocycles. The molecule has 21 heavy (non-hydrogen) atoms. The molecule has 0 aromatic heterocycles. The number of halogens is 2. The number of anilines is 1. The lowest BCUT2D eigenvalue weighted by Gasteiger charge is -2.09. The fraction of sp³-hybridized carbons (Fsp3) is 0.143. The third-order valence-corrected chi connectivity index (χ3v) is 4.22. The highest BCUT2D eigenvalue weighted by molar-refractivity contribution is 7.89. The van der Waals surface area contributed by atoms with E-state index >= 15 is 0 Å². The van der Waals surface area contributed by atoms with Crippen LogP contribution in [0.4, 0.5) is 14.5 Å². The van der Waals surface area contributed by atoms with Gasteiger partial charge in [0.1, 0.15) is 11.6 Å². The minimum atomic E-state index is -3.85. The number of nitrogens with two attached hydrogens (primary N) is 1. The van der Waals surface area contributed by atoms with Crippen molar-refractivity contribution in [3.63, 3.8) is 0 Å². The third kappa shape index (κ3) is 3.77. The summed E-state index contributed by atoms with van der Waals surface area (Å²) in [5, 5.41) is 0. The van der Waals surface area contributed by atoms with E-state index < -0.39 is 21.7 Å². The molecule has 0 aliphatic carbocycles. The number of rotatable bonds is 4. The van der Waals surface area contributed by atoms with Crippen molar-refractivity contribution in [2.45, 2.75) is 18.4 Å². The summed E-state index contributed by atoms with van der Waals surface area (Å²) < 4.78 is 53.0. The molecule has 7 heteroatoms. The molecule has 0 radical (unpaired) electrons. The summed E-state index contributed by atoms with van der Waals surface area (Å²) in [6, 6.07) is 7.24. The van der Waals surface area contributed by atoms with Crippen molar-refractivity contribution in [1.29, 1.82) is 0 Å². The molecule has 0 aliphatic heterocycles. The van der Waals surface area contributed by atoms with Gasteiger partial charge < -0.3 is 5.73 Å². The predicted octanol–water partition coefficient (Wildman–Crippen LogP) is 2.33. The van der Waals surface area contributed by atoms with Crippen LogP contribution in [0.1, 0.15) is 11.1 Å². The van der Waals surface area contributed by atoms with E-state index in [4.69, 9.17) is 5.73 Å². The molecule has 0 atom stereocenters. The Balaban J connectivity index is 2.23. The molecule has 2 rings (SSSR count). The van der Waals surface area contributed by atoms with Crippen molar-refractivity contribution >= 4 is 15.7 Å². The molecule has 0 amide bonds. The first-order valence-corrected chi connectivity index (χ1v) is 7.57. The molecular formula is C14H14F2N2O2S. The van der Waals surface area contributed by atoms with Crippen LogP contribution in [0.3, 0.4) is 0 Å². The summed E-state index contributed by atoms with van der Waals surface area (Å²) >= 11 is 0. The van der Waals surface area contributed by atoms with Gasteiger partial charge in [-0.05, 0) is 48.9 Å². The smallest absolute Gasteiger partial charge is 0.240 e. The summed E-state index contributed by atoms with van der Waals surface area (Å²) in [5.41, 5.74) is 6.54. The van der Waals surface area contributed by atoms with Gasteiger partial charge in [-0.2, -0.15) is 0 Å². The van der Waals surface area contributed by atoms with E-state index in [1.807, 2.05) is 0 Å². The van der Waals surface area contributed by atoms with E-state index in [1.54, 1.807) is 13.0 Å². The third-order valence-electron chi connectivity index (χ3n) is 2.84. The molecule has 0 unspecified atom stereocenters. The van der Waals surface area contributed by atoms with Crippen LogP contribution in [0.5, 0.6) is 0 Å². The van der Waals surface area contributed by atoms with E-state index in [-0.39, 0.29) is 17.0 Å². The summed E-state index contributed by atoms with van der Waals surface area (Å²) in [5.74, 6) is -1.31. The van der Waals surface area contributed by atoms with Crippen LogP contribution in [0.25, 0.3) is 0 Å². The minimum Gasteiger partial charge on any atom is -0.399 e. The number of hydrogen-bond donors (Lipinski definition) is 2. The highest BCUT2D eigenvalue weighted by atomic mass is 32.2. The maximum atomic E-state index is 13.5. The molecule has 0 heterocycles. The van der Waals surface area contributed by atoms with Gasteiger partial charge in [0, 0.05) is 17.8 Å². The Kier molecular flexibility index (Phi) is 4.24. The van der Waals surface area contributed by atoms with Crippen molar-refractivity contribution in [3.8, 4) is 0 Å². The van der Waals surface area contributed by atoms with Crippen LogP contribution in [0.15, 0.2) is 41.3 Å². The second-order valence-electron chi connectivity index (χ2n) is 4.64. The Morgan fingerprint density at radius 1 is 1.14 bits per heavy atom. The average molecular weight is 312 g/mol. The normalized spacial score (nSPS) is 11.6. The molecule has 0 bridgehead atoms. The number of sulfonamides is 1. The Morgan fingerprint density at radius 2 is 1.86 bits per heavy atom. The summed E-state index contributed by atoms with van der Waals surface area (Å²) in [6.45, 7) is 1.36. The van der Waals surface area contributed by atoms with Crippen LogP contribution in [-0.4, -0.2) is 8.42 Å². The first-order valence-electron chi connectivity index (χ1n) is 6.09. The number of aryl methyl sites for hydroxylation is 1. The molecule has 0 saturated carbocycles. The highest BCUT2D eigenvalue weighted by Gasteiger charge is 2.16. The van der Waals surface area contributed by atoms with Crippen LogP contribution in [0.2, 0.25) is 0 Å². The number of hydrogen-bond acceptors (Lipinski definition) is 3. The maximum absolute atomic E-state index is 13.5. The second kappa shape index (κ2) is 5.79. The van der Waals surface area contributed by atoms with Crippen molar-refractivity contribution in [2.24, 2.45) is 0 Å². The number of benzene rings is 2. The molecule has 2 aromatic carbocycles. The molecule has 3 N–H and O–H groups in total. The van der Waals surface area contributed by atoms with Gasteiger partial charge in [0.25, 0.3) is 0 Å². The summed E-state index contributed by atoms with van der Waals surface area (Å²) in [6.07, 6.45) is 0. The summed E-state index contributed by atoms with van der Waals surface area (Å²) in [7, 11) is -3.85. The lowest BCUT2D eigenvalue weighted by molar-refractivity contribution is 0.567. The second-order valence-corrected chi connectivity index (χ2v) is 6.41. The van der Waals surface area contributed by atoms with Crippen molar-refractivity contribution in [3.05, 3.63) is 59.2 Å². The lowest BCUT2D eigenvalue weighted by Crippen LogP contribution is -2.24. The van der Waals surface area contributed by atoms with Crippen LogP contribution >= 0.6 is 0 Å². The predicted molar refractivity (Wildman–Crippen MR) is 76.0 cm³/mol. The first-order chi connectivity index (χ1) is 9.78. The monoisotopic (exact) mass is 312 g/mol. The van der Waals surface area contributed by atoms with E-state index in [0.29, 0.717) is 11.3 Å². The van der Waals surface area contributed by atoms with Gasteiger partial charge in [-0.15, -0.1) is 0 Å². The van der Waals surface area contributed by atoms with E-state index in [0.717, 1.165) is 18.2 Å². The van der Waals surface area contributed by atoms with Gasteiger partial charge in [0.05, 0.1) is 4.90 Å². The van der Waals surface area contributed by atoms with Crippen LogP contribution in [-0.2, 0) is 16.6 Å². The van der Waals surface area contributed by atoms with Gasteiger partial charge in [0.2, 0.25) is 10.0 Å². The fourth-order valence-corrected chi connectivity index (χ4v) is 3.01. The van der Waals surface area contributed by atoms with Crippen LogP contribution in [0, 0.1) is 18.6 Å². The van der Waals surface area contributed by atoms with Gasteiger partial charge in [-0.1, -0.05) is 0 Å². The topological polar surface area (TPSA) is 72.2 Å². The zero-order valence-electron chi connectivity index (χ0n) is 11.2. The van der Waals surface area contributed by atoms with E-state index in [1.165, 1.54) is 12.1 Å². The Morgan fingerprint density at radius 3 is 2.52 bits per heavy atom. The molecule has 0 aliphatic rings. The Bertz CT molecular complexity index is 756. The van der Waals surface area contributed by atoms with Gasteiger partial charge in [0.15, 0.2) is 0 Å². The molecule has 0 spiro atoms. The number of nitrogen functional groups attached to an aromatic ring is 1. The zero-order valence-corrected chi connectivity index (χ0v) is 12.0. The van der Waals surface area contributed by atoms with Gasteiger partial charge in [-0.25, -0.2) is 21.9 Å².